The summed E-state index contributed by atoms with van der Waals surface area (Å²) in [5.41, 5.74) is 0.959. The molecule has 0 radical (unpaired) electrons. The lowest BCUT2D eigenvalue weighted by atomic mass is 10.0. The Bertz CT molecular complexity index is 593. The molecule has 1 aromatic heterocycles. The maximum absolute atomic E-state index is 12.6. The van der Waals surface area contributed by atoms with E-state index in [-0.39, 0.29) is 5.91 Å². The third kappa shape index (κ3) is 2.88. The molecule has 21 heavy (non-hydrogen) atoms. The van der Waals surface area contributed by atoms with Gasteiger partial charge in [-0.25, -0.2) is 4.79 Å². The molecular formula is C16H19NO3S. The topological polar surface area (TPSA) is 57.6 Å². The standard InChI is InChI=1S/C16H19NO3S/c1-10-7-14(21-13(10)5-6-15(18)19)16(20)17-8-11-3-2-4-12(11)9-17/h5-7,11-12H,2-4,8-9H2,1H3,(H,18,19)/b6-5+. The number of hydrogen-bond donors (Lipinski definition) is 1. The Hall–Kier alpha value is -1.62. The number of rotatable bonds is 3. The molecule has 5 heteroatoms. The number of amides is 1. The Labute approximate surface area is 128 Å². The Morgan fingerprint density at radius 1 is 1.33 bits per heavy atom. The van der Waals surface area contributed by atoms with Crippen LogP contribution in [-0.4, -0.2) is 35.0 Å². The van der Waals surface area contributed by atoms with Crippen molar-refractivity contribution in [3.63, 3.8) is 0 Å². The molecule has 0 aromatic carbocycles. The second-order valence-corrected chi connectivity index (χ2v) is 7.07. The molecule has 4 nitrogen and oxygen atoms in total. The Morgan fingerprint density at radius 2 is 2.00 bits per heavy atom. The number of carbonyl (C=O) groups is 2. The number of thiophene rings is 1. The molecule has 0 bridgehead atoms. The number of fused-ring (bicyclic) bond motifs is 1. The van der Waals surface area contributed by atoms with Gasteiger partial charge in [0, 0.05) is 24.0 Å². The maximum atomic E-state index is 12.6. The van der Waals surface area contributed by atoms with Gasteiger partial charge in [0.05, 0.1) is 4.88 Å². The number of hydrogen-bond acceptors (Lipinski definition) is 3. The van der Waals surface area contributed by atoms with E-state index in [1.807, 2.05) is 17.9 Å². The van der Waals surface area contributed by atoms with Crippen molar-refractivity contribution < 1.29 is 14.7 Å². The highest BCUT2D eigenvalue weighted by atomic mass is 32.1. The Morgan fingerprint density at radius 3 is 2.62 bits per heavy atom. The number of carboxylic acid groups (broad SMARTS) is 1. The fourth-order valence-corrected chi connectivity index (χ4v) is 4.52. The van der Waals surface area contributed by atoms with Crippen LogP contribution in [0.4, 0.5) is 0 Å². The molecule has 2 unspecified atom stereocenters. The van der Waals surface area contributed by atoms with Crippen molar-refractivity contribution in [3.8, 4) is 0 Å². The van der Waals surface area contributed by atoms with Gasteiger partial charge in [-0.15, -0.1) is 11.3 Å². The van der Waals surface area contributed by atoms with Crippen LogP contribution >= 0.6 is 11.3 Å². The fourth-order valence-electron chi connectivity index (χ4n) is 3.47. The van der Waals surface area contributed by atoms with Gasteiger partial charge in [0.2, 0.25) is 0 Å². The van der Waals surface area contributed by atoms with E-state index in [4.69, 9.17) is 5.11 Å². The van der Waals surface area contributed by atoms with Crippen molar-refractivity contribution in [1.29, 1.82) is 0 Å². The largest absolute Gasteiger partial charge is 0.478 e. The van der Waals surface area contributed by atoms with Crippen LogP contribution in [0.5, 0.6) is 0 Å². The van der Waals surface area contributed by atoms with Crippen LogP contribution in [-0.2, 0) is 4.79 Å². The van der Waals surface area contributed by atoms with Crippen molar-refractivity contribution >= 4 is 29.3 Å². The van der Waals surface area contributed by atoms with Crippen molar-refractivity contribution in [1.82, 2.24) is 4.90 Å². The van der Waals surface area contributed by atoms with Crippen LogP contribution in [0.1, 0.15) is 39.4 Å². The van der Waals surface area contributed by atoms with Gasteiger partial charge in [0.15, 0.2) is 0 Å². The normalized spacial score (nSPS) is 24.7. The summed E-state index contributed by atoms with van der Waals surface area (Å²) >= 11 is 1.38. The summed E-state index contributed by atoms with van der Waals surface area (Å²) in [7, 11) is 0. The van der Waals surface area contributed by atoms with E-state index < -0.39 is 5.97 Å². The van der Waals surface area contributed by atoms with Crippen LogP contribution in [0.15, 0.2) is 12.1 Å². The zero-order valence-corrected chi connectivity index (χ0v) is 12.9. The molecule has 1 amide bonds. The molecule has 2 aliphatic rings. The van der Waals surface area contributed by atoms with Crippen LogP contribution in [0.3, 0.4) is 0 Å². The molecule has 1 aliphatic heterocycles. The second kappa shape index (κ2) is 5.64. The molecule has 1 saturated carbocycles. The molecule has 1 aliphatic carbocycles. The quantitative estimate of drug-likeness (QED) is 0.873. The monoisotopic (exact) mass is 305 g/mol. The highest BCUT2D eigenvalue weighted by molar-refractivity contribution is 7.15. The molecular weight excluding hydrogens is 286 g/mol. The van der Waals surface area contributed by atoms with Crippen LogP contribution in [0.2, 0.25) is 0 Å². The van der Waals surface area contributed by atoms with Crippen molar-refractivity contribution in [2.75, 3.05) is 13.1 Å². The molecule has 1 aromatic rings. The molecule has 1 saturated heterocycles. The minimum atomic E-state index is -0.969. The first-order valence-electron chi connectivity index (χ1n) is 7.35. The minimum absolute atomic E-state index is 0.104. The van der Waals surface area contributed by atoms with Crippen molar-refractivity contribution in [2.45, 2.75) is 26.2 Å². The van der Waals surface area contributed by atoms with Crippen molar-refractivity contribution in [3.05, 3.63) is 27.5 Å². The number of aliphatic carboxylic acids is 1. The van der Waals surface area contributed by atoms with E-state index in [9.17, 15) is 9.59 Å². The summed E-state index contributed by atoms with van der Waals surface area (Å²) in [6, 6.07) is 1.88. The summed E-state index contributed by atoms with van der Waals surface area (Å²) in [4.78, 5) is 26.7. The van der Waals surface area contributed by atoms with Gasteiger partial charge in [0.25, 0.3) is 5.91 Å². The summed E-state index contributed by atoms with van der Waals surface area (Å²) in [5.74, 6) is 0.526. The van der Waals surface area contributed by atoms with E-state index in [1.54, 1.807) is 6.08 Å². The summed E-state index contributed by atoms with van der Waals surface area (Å²) < 4.78 is 0. The highest BCUT2D eigenvalue weighted by Gasteiger charge is 2.38. The number of carboxylic acids is 1. The van der Waals surface area contributed by atoms with Gasteiger partial charge in [0.1, 0.15) is 0 Å². The van der Waals surface area contributed by atoms with E-state index in [0.717, 1.165) is 34.5 Å². The molecule has 0 spiro atoms. The maximum Gasteiger partial charge on any atom is 0.328 e. The van der Waals surface area contributed by atoms with Crippen LogP contribution in [0, 0.1) is 18.8 Å². The van der Waals surface area contributed by atoms with Crippen molar-refractivity contribution in [2.24, 2.45) is 11.8 Å². The van der Waals surface area contributed by atoms with Gasteiger partial charge in [-0.1, -0.05) is 6.42 Å². The molecule has 112 valence electrons. The lowest BCUT2D eigenvalue weighted by molar-refractivity contribution is -0.131. The fraction of sp³-hybridized carbons (Fsp3) is 0.500. The smallest absolute Gasteiger partial charge is 0.328 e. The summed E-state index contributed by atoms with van der Waals surface area (Å²) in [6.45, 7) is 3.69. The SMILES string of the molecule is Cc1cc(C(=O)N2CC3CCCC3C2)sc1/C=C/C(=O)O. The predicted molar refractivity (Wildman–Crippen MR) is 82.5 cm³/mol. The van der Waals surface area contributed by atoms with E-state index in [0.29, 0.717) is 11.8 Å². The van der Waals surface area contributed by atoms with E-state index in [2.05, 4.69) is 0 Å². The lowest BCUT2D eigenvalue weighted by Crippen LogP contribution is -2.28. The summed E-state index contributed by atoms with van der Waals surface area (Å²) in [6.07, 6.45) is 6.50. The predicted octanol–water partition coefficient (Wildman–Crippen LogP) is 3.03. The van der Waals surface area contributed by atoms with Gasteiger partial charge < -0.3 is 10.0 Å². The second-order valence-electron chi connectivity index (χ2n) is 5.99. The third-order valence-corrected chi connectivity index (χ3v) is 5.75. The van der Waals surface area contributed by atoms with E-state index in [1.165, 1.54) is 30.6 Å². The third-order valence-electron chi connectivity index (χ3n) is 4.56. The Balaban J connectivity index is 1.73. The van der Waals surface area contributed by atoms with Gasteiger partial charge in [-0.05, 0) is 49.3 Å². The zero-order valence-electron chi connectivity index (χ0n) is 12.0. The average molecular weight is 305 g/mol. The lowest BCUT2D eigenvalue weighted by Gasteiger charge is -2.16. The first kappa shape index (κ1) is 14.3. The summed E-state index contributed by atoms with van der Waals surface area (Å²) in [5, 5.41) is 8.69. The van der Waals surface area contributed by atoms with Crippen LogP contribution in [0.25, 0.3) is 6.08 Å². The highest BCUT2D eigenvalue weighted by Crippen LogP contribution is 2.38. The van der Waals surface area contributed by atoms with E-state index >= 15 is 0 Å². The Kier molecular flexibility index (Phi) is 3.85. The van der Waals surface area contributed by atoms with Gasteiger partial charge in [-0.2, -0.15) is 0 Å². The van der Waals surface area contributed by atoms with Gasteiger partial charge in [-0.3, -0.25) is 4.79 Å². The average Bonchev–Trinajstić information content (AvgIpc) is 3.09. The number of carbonyl (C=O) groups excluding carboxylic acids is 1. The number of likely N-dealkylation sites (tertiary alicyclic amines) is 1. The molecule has 1 N–H and O–H groups in total. The molecule has 2 fully saturated rings. The zero-order chi connectivity index (χ0) is 15.0. The minimum Gasteiger partial charge on any atom is -0.478 e. The molecule has 3 rings (SSSR count). The van der Waals surface area contributed by atoms with Crippen LogP contribution < -0.4 is 0 Å². The van der Waals surface area contributed by atoms with Gasteiger partial charge >= 0.3 is 5.97 Å². The molecule has 2 heterocycles. The number of nitrogens with zero attached hydrogens (tertiary/aromatic N) is 1. The number of aryl methyl sites for hydroxylation is 1. The molecule has 2 atom stereocenters. The first-order chi connectivity index (χ1) is 10.0. The first-order valence-corrected chi connectivity index (χ1v) is 8.17.